The van der Waals surface area contributed by atoms with Gasteiger partial charge in [-0.25, -0.2) is 8.42 Å². The molecule has 3 aromatic rings. The summed E-state index contributed by atoms with van der Waals surface area (Å²) in [4.78, 5) is 29.5. The highest BCUT2D eigenvalue weighted by Gasteiger charge is 2.36. The molecule has 0 bridgehead atoms. The van der Waals surface area contributed by atoms with Crippen molar-refractivity contribution in [3.63, 3.8) is 0 Å². The van der Waals surface area contributed by atoms with Gasteiger partial charge in [-0.2, -0.15) is 0 Å². The summed E-state index contributed by atoms with van der Waals surface area (Å²) in [7, 11) is -1.45. The number of hydrogen-bond acceptors (Lipinski definition) is 6. The molecule has 1 unspecified atom stereocenters. The summed E-state index contributed by atoms with van der Waals surface area (Å²) in [6.07, 6.45) is 4.05. The number of halogens is 2. The molecular weight excluding hydrogens is 637 g/mol. The lowest BCUT2D eigenvalue weighted by atomic mass is 10.1. The van der Waals surface area contributed by atoms with Crippen molar-refractivity contribution >= 4 is 50.7 Å². The standard InChI is InChI=1S/C33H39Cl2N3O6S/c1-5-29(33(40)36-23-9-6-7-10-23)37(20-26-27(34)11-8-12-28(26)35)32(39)21-38(30-19-24(43-3)15-18-31(30)44-4)45(41,42)25-16-13-22(2)14-17-25/h8,11-19,23,29H,5-7,9-10,20-21H2,1-4H3,(H,36,40). The Labute approximate surface area is 275 Å². The molecule has 1 atom stereocenters. The van der Waals surface area contributed by atoms with Crippen LogP contribution in [-0.4, -0.2) is 58.0 Å². The van der Waals surface area contributed by atoms with E-state index in [2.05, 4.69) is 5.32 Å². The van der Waals surface area contributed by atoms with Crippen LogP contribution in [-0.2, 0) is 26.2 Å². The molecule has 9 nitrogen and oxygen atoms in total. The van der Waals surface area contributed by atoms with E-state index in [-0.39, 0.29) is 41.2 Å². The molecule has 1 aliphatic rings. The van der Waals surface area contributed by atoms with Gasteiger partial charge in [0.25, 0.3) is 10.0 Å². The number of benzene rings is 3. The third kappa shape index (κ3) is 8.04. The fraction of sp³-hybridized carbons (Fsp3) is 0.394. The second-order valence-electron chi connectivity index (χ2n) is 11.0. The molecule has 0 heterocycles. The average Bonchev–Trinajstić information content (AvgIpc) is 3.53. The first-order valence-electron chi connectivity index (χ1n) is 14.8. The Morgan fingerprint density at radius 3 is 2.20 bits per heavy atom. The zero-order chi connectivity index (χ0) is 32.7. The quantitative estimate of drug-likeness (QED) is 0.225. The summed E-state index contributed by atoms with van der Waals surface area (Å²) in [5.41, 5.74) is 1.43. The van der Waals surface area contributed by atoms with Crippen molar-refractivity contribution in [2.75, 3.05) is 25.1 Å². The molecule has 0 saturated heterocycles. The molecule has 1 saturated carbocycles. The van der Waals surface area contributed by atoms with Gasteiger partial charge in [0.05, 0.1) is 24.8 Å². The largest absolute Gasteiger partial charge is 0.497 e. The number of rotatable bonds is 13. The molecule has 0 aliphatic heterocycles. The van der Waals surface area contributed by atoms with Crippen LogP contribution in [0.3, 0.4) is 0 Å². The number of nitrogens with one attached hydrogen (secondary N) is 1. The fourth-order valence-corrected chi connectivity index (χ4v) is 7.42. The second kappa shape index (κ2) is 15.2. The van der Waals surface area contributed by atoms with E-state index in [1.165, 1.54) is 37.3 Å². The molecule has 12 heteroatoms. The molecular formula is C33H39Cl2N3O6S. The summed E-state index contributed by atoms with van der Waals surface area (Å²) in [6, 6.07) is 15.1. The number of carbonyl (C=O) groups excluding carboxylic acids is 2. The lowest BCUT2D eigenvalue weighted by Crippen LogP contribution is -2.53. The Morgan fingerprint density at radius 1 is 0.978 bits per heavy atom. The maximum Gasteiger partial charge on any atom is 0.264 e. The summed E-state index contributed by atoms with van der Waals surface area (Å²) < 4.78 is 40.5. The van der Waals surface area contributed by atoms with Gasteiger partial charge in [0.1, 0.15) is 24.1 Å². The van der Waals surface area contributed by atoms with Crippen molar-refractivity contribution < 1.29 is 27.5 Å². The fourth-order valence-electron chi connectivity index (χ4n) is 5.48. The van der Waals surface area contributed by atoms with Crippen LogP contribution in [0.2, 0.25) is 10.0 Å². The monoisotopic (exact) mass is 675 g/mol. The Morgan fingerprint density at radius 2 is 1.62 bits per heavy atom. The molecule has 45 heavy (non-hydrogen) atoms. The van der Waals surface area contributed by atoms with E-state index in [0.717, 1.165) is 35.6 Å². The van der Waals surface area contributed by atoms with E-state index in [0.29, 0.717) is 21.4 Å². The highest BCUT2D eigenvalue weighted by atomic mass is 35.5. The Balaban J connectivity index is 1.81. The zero-order valence-corrected chi connectivity index (χ0v) is 28.2. The molecule has 4 rings (SSSR count). The van der Waals surface area contributed by atoms with Crippen LogP contribution in [0.25, 0.3) is 0 Å². The van der Waals surface area contributed by atoms with E-state index in [1.54, 1.807) is 49.4 Å². The van der Waals surface area contributed by atoms with E-state index in [4.69, 9.17) is 32.7 Å². The maximum atomic E-state index is 14.5. The number of anilines is 1. The van der Waals surface area contributed by atoms with Crippen LogP contribution in [0, 0.1) is 6.92 Å². The summed E-state index contributed by atoms with van der Waals surface area (Å²) in [5.74, 6) is -0.358. The van der Waals surface area contributed by atoms with Gasteiger partial charge in [-0.1, -0.05) is 66.7 Å². The van der Waals surface area contributed by atoms with Gasteiger partial charge in [-0.3, -0.25) is 13.9 Å². The molecule has 2 amide bonds. The predicted molar refractivity (Wildman–Crippen MR) is 177 cm³/mol. The smallest absolute Gasteiger partial charge is 0.264 e. The minimum absolute atomic E-state index is 0.0162. The number of aryl methyl sites for hydroxylation is 1. The highest BCUT2D eigenvalue weighted by Crippen LogP contribution is 2.36. The summed E-state index contributed by atoms with van der Waals surface area (Å²) in [5, 5.41) is 3.74. The number of ether oxygens (including phenoxy) is 2. The van der Waals surface area contributed by atoms with Crippen molar-refractivity contribution in [3.8, 4) is 11.5 Å². The van der Waals surface area contributed by atoms with Crippen LogP contribution in [0.4, 0.5) is 5.69 Å². The highest BCUT2D eigenvalue weighted by molar-refractivity contribution is 7.92. The van der Waals surface area contributed by atoms with E-state index in [9.17, 15) is 18.0 Å². The molecule has 0 radical (unpaired) electrons. The molecule has 1 aliphatic carbocycles. The number of methoxy groups -OCH3 is 2. The molecule has 3 aromatic carbocycles. The van der Waals surface area contributed by atoms with Crippen LogP contribution in [0.15, 0.2) is 65.6 Å². The number of nitrogens with zero attached hydrogens (tertiary/aromatic N) is 2. The first-order valence-corrected chi connectivity index (χ1v) is 17.0. The maximum absolute atomic E-state index is 14.5. The topological polar surface area (TPSA) is 105 Å². The summed E-state index contributed by atoms with van der Waals surface area (Å²) >= 11 is 13.0. The molecule has 0 spiro atoms. The Kier molecular flexibility index (Phi) is 11.6. The Bertz CT molecular complexity index is 1590. The van der Waals surface area contributed by atoms with Gasteiger partial charge >= 0.3 is 0 Å². The third-order valence-corrected chi connectivity index (χ3v) is 10.5. The van der Waals surface area contributed by atoms with Gasteiger partial charge in [-0.15, -0.1) is 0 Å². The van der Waals surface area contributed by atoms with Crippen molar-refractivity contribution in [1.29, 1.82) is 0 Å². The lowest BCUT2D eigenvalue weighted by Gasteiger charge is -2.34. The minimum Gasteiger partial charge on any atom is -0.497 e. The van der Waals surface area contributed by atoms with Gasteiger partial charge < -0.3 is 19.7 Å². The van der Waals surface area contributed by atoms with Gasteiger partial charge in [0.15, 0.2) is 0 Å². The number of carbonyl (C=O) groups is 2. The lowest BCUT2D eigenvalue weighted by molar-refractivity contribution is -0.140. The average molecular weight is 677 g/mol. The van der Waals surface area contributed by atoms with Gasteiger partial charge in [0.2, 0.25) is 11.8 Å². The first-order chi connectivity index (χ1) is 21.5. The van der Waals surface area contributed by atoms with Crippen molar-refractivity contribution in [2.45, 2.75) is 69.5 Å². The van der Waals surface area contributed by atoms with Crippen molar-refractivity contribution in [2.24, 2.45) is 0 Å². The summed E-state index contributed by atoms with van der Waals surface area (Å²) in [6.45, 7) is 2.90. The number of amides is 2. The van der Waals surface area contributed by atoms with Crippen LogP contribution >= 0.6 is 23.2 Å². The zero-order valence-electron chi connectivity index (χ0n) is 25.9. The van der Waals surface area contributed by atoms with Crippen molar-refractivity contribution in [3.05, 3.63) is 81.8 Å². The third-order valence-electron chi connectivity index (χ3n) is 8.02. The van der Waals surface area contributed by atoms with E-state index < -0.39 is 28.5 Å². The predicted octanol–water partition coefficient (Wildman–Crippen LogP) is 6.38. The van der Waals surface area contributed by atoms with E-state index in [1.807, 2.05) is 6.92 Å². The van der Waals surface area contributed by atoms with Crippen molar-refractivity contribution in [1.82, 2.24) is 10.2 Å². The van der Waals surface area contributed by atoms with Crippen LogP contribution < -0.4 is 19.1 Å². The SMILES string of the molecule is CCC(C(=O)NC1CCCC1)N(Cc1c(Cl)cccc1Cl)C(=O)CN(c1cc(OC)ccc1OC)S(=O)(=O)c1ccc(C)cc1. The van der Waals surface area contributed by atoms with E-state index >= 15 is 0 Å². The van der Waals surface area contributed by atoms with Crippen LogP contribution in [0.5, 0.6) is 11.5 Å². The number of sulfonamides is 1. The Hall–Kier alpha value is -3.47. The first kappa shape index (κ1) is 34.4. The minimum atomic E-state index is -4.32. The molecule has 242 valence electrons. The molecule has 0 aromatic heterocycles. The normalized spacial score (nSPS) is 14.1. The molecule has 1 N–H and O–H groups in total. The van der Waals surface area contributed by atoms with Crippen LogP contribution in [0.1, 0.15) is 50.2 Å². The molecule has 1 fully saturated rings. The number of hydrogen-bond donors (Lipinski definition) is 1. The second-order valence-corrected chi connectivity index (χ2v) is 13.7. The van der Waals surface area contributed by atoms with Gasteiger partial charge in [0, 0.05) is 34.3 Å². The van der Waals surface area contributed by atoms with Gasteiger partial charge in [-0.05, 0) is 62.6 Å².